The molecule has 10 N–H and O–H groups in total. The number of H-pyrrole nitrogens is 2. The first-order valence-corrected chi connectivity index (χ1v) is 12.6. The number of nitrogens with zero attached hydrogens (tertiary/aromatic N) is 2. The normalized spacial score (nSPS) is 14.1. The maximum atomic E-state index is 13.2. The van der Waals surface area contributed by atoms with Crippen molar-refractivity contribution in [3.63, 3.8) is 0 Å². The topological polar surface area (TPSA) is 251 Å². The average Bonchev–Trinajstić information content (AvgIpc) is 3.54. The van der Waals surface area contributed by atoms with Crippen LogP contribution in [-0.2, 0) is 36.8 Å². The predicted molar refractivity (Wildman–Crippen MR) is 133 cm³/mol. The summed E-state index contributed by atoms with van der Waals surface area (Å²) in [7, 11) is 0. The summed E-state index contributed by atoms with van der Waals surface area (Å²) in [5, 5.41) is 16.7. The van der Waals surface area contributed by atoms with Gasteiger partial charge in [0.25, 0.3) is 0 Å². The molecule has 2 aromatic heterocycles. The Labute approximate surface area is 216 Å². The van der Waals surface area contributed by atoms with Gasteiger partial charge in [0.15, 0.2) is 0 Å². The number of aliphatic carboxylic acids is 1. The van der Waals surface area contributed by atoms with Gasteiger partial charge in [0, 0.05) is 36.6 Å². The molecule has 0 aliphatic heterocycles. The molecule has 15 nitrogen and oxygen atoms in total. The first kappa shape index (κ1) is 29.3. The first-order chi connectivity index (χ1) is 17.6. The number of hydrogen-bond donors (Lipinski definition) is 8. The summed E-state index contributed by atoms with van der Waals surface area (Å²) in [4.78, 5) is 74.9. The van der Waals surface area contributed by atoms with Crippen molar-refractivity contribution in [1.82, 2.24) is 35.9 Å². The molecule has 2 aromatic rings. The molecule has 0 radical (unpaired) electrons. The number of carbonyl (C=O) groups excluding carboxylic acids is 4. The minimum absolute atomic E-state index is 0.0665. The first-order valence-electron chi connectivity index (χ1n) is 11.2. The molecule has 2 rings (SSSR count). The third kappa shape index (κ3) is 9.92. The molecule has 0 aliphatic carbocycles. The van der Waals surface area contributed by atoms with Gasteiger partial charge in [-0.05, 0) is 18.4 Å². The predicted octanol–water partition coefficient (Wildman–Crippen LogP) is -2.59. The van der Waals surface area contributed by atoms with Gasteiger partial charge in [0.2, 0.25) is 23.6 Å². The summed E-state index contributed by atoms with van der Waals surface area (Å²) >= 11 is 1.46. The smallest absolute Gasteiger partial charge is 0.326 e. The van der Waals surface area contributed by atoms with Crippen molar-refractivity contribution in [1.29, 1.82) is 0 Å². The van der Waals surface area contributed by atoms with Gasteiger partial charge >= 0.3 is 5.97 Å². The van der Waals surface area contributed by atoms with Crippen LogP contribution >= 0.6 is 11.8 Å². The number of aromatic amines is 2. The summed E-state index contributed by atoms with van der Waals surface area (Å²) in [6.07, 6.45) is 7.35. The van der Waals surface area contributed by atoms with E-state index in [0.717, 1.165) is 0 Å². The Hall–Kier alpha value is -3.92. The van der Waals surface area contributed by atoms with E-state index in [1.165, 1.54) is 36.8 Å². The molecule has 4 atom stereocenters. The zero-order valence-corrected chi connectivity index (χ0v) is 20.9. The lowest BCUT2D eigenvalue weighted by atomic mass is 10.1. The SMILES string of the molecule is CSCCC(NC(=O)C(N)Cc1cnc[nH]1)C(=O)NC(Cc1cnc[nH]1)C(=O)NC(CC(N)=O)C(=O)O. The number of carboxylic acid groups (broad SMARTS) is 1. The Kier molecular flexibility index (Phi) is 11.6. The van der Waals surface area contributed by atoms with Gasteiger partial charge in [-0.15, -0.1) is 0 Å². The molecule has 202 valence electrons. The number of thioether (sulfide) groups is 1. The number of nitrogens with two attached hydrogens (primary N) is 2. The van der Waals surface area contributed by atoms with Crippen LogP contribution in [0.5, 0.6) is 0 Å². The second-order valence-electron chi connectivity index (χ2n) is 8.14. The Morgan fingerprint density at radius 1 is 0.919 bits per heavy atom. The minimum Gasteiger partial charge on any atom is -0.480 e. The Balaban J connectivity index is 2.15. The molecule has 0 aromatic carbocycles. The number of hydrogen-bond acceptors (Lipinski definition) is 9. The van der Waals surface area contributed by atoms with Crippen LogP contribution in [0.2, 0.25) is 0 Å². The molecule has 4 unspecified atom stereocenters. The number of rotatable bonds is 16. The number of primary amides is 1. The van der Waals surface area contributed by atoms with Crippen LogP contribution in [0.4, 0.5) is 0 Å². The van der Waals surface area contributed by atoms with E-state index in [1.54, 1.807) is 0 Å². The number of nitrogens with one attached hydrogen (secondary N) is 5. The quantitative estimate of drug-likeness (QED) is 0.111. The van der Waals surface area contributed by atoms with E-state index < -0.39 is 60.2 Å². The van der Waals surface area contributed by atoms with Crippen molar-refractivity contribution in [2.75, 3.05) is 12.0 Å². The molecule has 0 spiro atoms. The summed E-state index contributed by atoms with van der Waals surface area (Å²) in [5.74, 6) is -3.97. The highest BCUT2D eigenvalue weighted by atomic mass is 32.2. The molecule has 0 saturated heterocycles. The van der Waals surface area contributed by atoms with E-state index in [-0.39, 0.29) is 19.3 Å². The highest BCUT2D eigenvalue weighted by Crippen LogP contribution is 2.06. The molecule has 2 heterocycles. The van der Waals surface area contributed by atoms with E-state index in [2.05, 4.69) is 35.9 Å². The number of carbonyl (C=O) groups is 5. The van der Waals surface area contributed by atoms with Gasteiger partial charge in [-0.3, -0.25) is 19.2 Å². The monoisotopic (exact) mass is 537 g/mol. The van der Waals surface area contributed by atoms with Crippen LogP contribution in [0.25, 0.3) is 0 Å². The lowest BCUT2D eigenvalue weighted by Crippen LogP contribution is -2.58. The fourth-order valence-electron chi connectivity index (χ4n) is 3.28. The van der Waals surface area contributed by atoms with Crippen molar-refractivity contribution < 1.29 is 29.1 Å². The molecule has 0 fully saturated rings. The van der Waals surface area contributed by atoms with Crippen LogP contribution < -0.4 is 27.4 Å². The van der Waals surface area contributed by atoms with Crippen LogP contribution in [0, 0.1) is 0 Å². The fraction of sp³-hybridized carbons (Fsp3) is 0.476. The molecular weight excluding hydrogens is 506 g/mol. The maximum Gasteiger partial charge on any atom is 0.326 e. The molecule has 16 heteroatoms. The molecule has 4 amide bonds. The van der Waals surface area contributed by atoms with Crippen LogP contribution in [0.3, 0.4) is 0 Å². The fourth-order valence-corrected chi connectivity index (χ4v) is 3.75. The largest absolute Gasteiger partial charge is 0.480 e. The summed E-state index contributed by atoms with van der Waals surface area (Å²) < 4.78 is 0. The van der Waals surface area contributed by atoms with Crippen molar-refractivity contribution in [3.05, 3.63) is 36.4 Å². The maximum absolute atomic E-state index is 13.2. The van der Waals surface area contributed by atoms with E-state index in [9.17, 15) is 29.1 Å². The van der Waals surface area contributed by atoms with E-state index in [4.69, 9.17) is 11.5 Å². The number of aromatic nitrogens is 4. The lowest BCUT2D eigenvalue weighted by Gasteiger charge is -2.25. The Bertz CT molecular complexity index is 1050. The van der Waals surface area contributed by atoms with Gasteiger partial charge in [-0.2, -0.15) is 11.8 Å². The molecule has 0 saturated carbocycles. The van der Waals surface area contributed by atoms with E-state index >= 15 is 0 Å². The highest BCUT2D eigenvalue weighted by Gasteiger charge is 2.31. The van der Waals surface area contributed by atoms with Crippen molar-refractivity contribution in [2.24, 2.45) is 11.5 Å². The van der Waals surface area contributed by atoms with Gasteiger partial charge in [-0.1, -0.05) is 0 Å². The van der Waals surface area contributed by atoms with Gasteiger partial charge < -0.3 is 42.5 Å². The van der Waals surface area contributed by atoms with Crippen LogP contribution in [0.1, 0.15) is 24.2 Å². The summed E-state index contributed by atoms with van der Waals surface area (Å²) in [6.45, 7) is 0. The molecule has 0 bridgehead atoms. The van der Waals surface area contributed by atoms with Crippen molar-refractivity contribution in [3.8, 4) is 0 Å². The van der Waals surface area contributed by atoms with Crippen molar-refractivity contribution in [2.45, 2.75) is 49.9 Å². The zero-order chi connectivity index (χ0) is 27.4. The summed E-state index contributed by atoms with van der Waals surface area (Å²) in [5.41, 5.74) is 12.2. The van der Waals surface area contributed by atoms with E-state index in [0.29, 0.717) is 17.1 Å². The van der Waals surface area contributed by atoms with E-state index in [1.807, 2.05) is 6.26 Å². The second-order valence-corrected chi connectivity index (χ2v) is 9.13. The standard InChI is InChI=1S/C21H31N9O6S/c1-37-3-2-14(28-18(32)13(22)4-11-7-24-9-26-11)19(33)29-15(5-12-8-25-10-27-12)20(34)30-16(21(35)36)6-17(23)31/h7-10,13-16H,2-6,22H2,1H3,(H2,23,31)(H,24,26)(H,25,27)(H,28,32)(H,29,33)(H,30,34)(H,35,36). The number of carboxylic acids is 1. The molecule has 37 heavy (non-hydrogen) atoms. The van der Waals surface area contributed by atoms with Crippen molar-refractivity contribution >= 4 is 41.4 Å². The van der Waals surface area contributed by atoms with Crippen LogP contribution in [0.15, 0.2) is 25.0 Å². The zero-order valence-electron chi connectivity index (χ0n) is 20.1. The summed E-state index contributed by atoms with van der Waals surface area (Å²) in [6, 6.07) is -4.82. The van der Waals surface area contributed by atoms with Gasteiger partial charge in [0.05, 0.1) is 25.1 Å². The minimum atomic E-state index is -1.58. The highest BCUT2D eigenvalue weighted by molar-refractivity contribution is 7.98. The average molecular weight is 538 g/mol. The molecular formula is C21H31N9O6S. The second kappa shape index (κ2) is 14.6. The Morgan fingerprint density at radius 2 is 1.46 bits per heavy atom. The van der Waals surface area contributed by atoms with Gasteiger partial charge in [-0.25, -0.2) is 14.8 Å². The molecule has 0 aliphatic rings. The van der Waals surface area contributed by atoms with Gasteiger partial charge in [0.1, 0.15) is 18.1 Å². The number of amides is 4. The third-order valence-electron chi connectivity index (χ3n) is 5.21. The lowest BCUT2D eigenvalue weighted by molar-refractivity contribution is -0.143. The third-order valence-corrected chi connectivity index (χ3v) is 5.85. The Morgan fingerprint density at radius 3 is 1.97 bits per heavy atom. The van der Waals surface area contributed by atoms with Crippen LogP contribution in [-0.4, -0.2) is 90.8 Å². The number of imidazole rings is 2.